The van der Waals surface area contributed by atoms with Crippen LogP contribution in [0.4, 0.5) is 0 Å². The second-order valence-corrected chi connectivity index (χ2v) is 4.13. The molecule has 3 atom stereocenters. The molecule has 1 saturated heterocycles. The van der Waals surface area contributed by atoms with Gasteiger partial charge in [-0.1, -0.05) is 0 Å². The third kappa shape index (κ3) is 3.92. The van der Waals surface area contributed by atoms with Crippen molar-refractivity contribution in [3.8, 4) is 0 Å². The highest BCUT2D eigenvalue weighted by atomic mass is 16.5. The molecule has 0 saturated carbocycles. The first-order chi connectivity index (χ1) is 8.12. The average Bonchev–Trinajstić information content (AvgIpc) is 2.71. The van der Waals surface area contributed by atoms with Gasteiger partial charge in [0.15, 0.2) is 0 Å². The van der Waals surface area contributed by atoms with Crippen LogP contribution in [0.15, 0.2) is 0 Å². The van der Waals surface area contributed by atoms with Gasteiger partial charge in [0, 0.05) is 33.9 Å². The van der Waals surface area contributed by atoms with Crippen LogP contribution in [0.5, 0.6) is 0 Å². The molecule has 1 heterocycles. The number of nitrogens with zero attached hydrogens (tertiary/aromatic N) is 1. The van der Waals surface area contributed by atoms with Crippen LogP contribution in [0.3, 0.4) is 0 Å². The van der Waals surface area contributed by atoms with E-state index in [4.69, 9.17) is 19.9 Å². The van der Waals surface area contributed by atoms with E-state index < -0.39 is 6.04 Å². The van der Waals surface area contributed by atoms with Gasteiger partial charge in [0.2, 0.25) is 0 Å². The molecule has 0 aromatic carbocycles. The van der Waals surface area contributed by atoms with Gasteiger partial charge in [-0.2, -0.15) is 0 Å². The molecule has 6 heteroatoms. The Morgan fingerprint density at radius 3 is 2.29 bits per heavy atom. The summed E-state index contributed by atoms with van der Waals surface area (Å²) in [4.78, 5) is 13.5. The number of ether oxygens (including phenoxy) is 3. The van der Waals surface area contributed by atoms with Gasteiger partial charge < -0.3 is 19.9 Å². The molecular weight excluding hydrogens is 224 g/mol. The summed E-state index contributed by atoms with van der Waals surface area (Å²) in [6.07, 6.45) is 0.0730. The van der Waals surface area contributed by atoms with E-state index in [1.807, 2.05) is 0 Å². The number of likely N-dealkylation sites (tertiary alicyclic amines) is 1. The highest BCUT2D eigenvalue weighted by molar-refractivity contribution is 5.75. The minimum absolute atomic E-state index is 0.0365. The molecule has 0 aliphatic carbocycles. The molecule has 3 unspecified atom stereocenters. The predicted molar refractivity (Wildman–Crippen MR) is 62.6 cm³/mol. The summed E-state index contributed by atoms with van der Waals surface area (Å²) in [7, 11) is 3.32. The van der Waals surface area contributed by atoms with Crippen molar-refractivity contribution in [1.82, 2.24) is 4.90 Å². The Morgan fingerprint density at radius 2 is 1.88 bits per heavy atom. The molecule has 6 nitrogen and oxygen atoms in total. The van der Waals surface area contributed by atoms with Crippen LogP contribution in [0, 0.1) is 0 Å². The van der Waals surface area contributed by atoms with Gasteiger partial charge >= 0.3 is 5.97 Å². The van der Waals surface area contributed by atoms with Gasteiger partial charge in [0.1, 0.15) is 6.04 Å². The zero-order valence-corrected chi connectivity index (χ0v) is 10.7. The Labute approximate surface area is 102 Å². The van der Waals surface area contributed by atoms with E-state index in [1.165, 1.54) is 0 Å². The van der Waals surface area contributed by atoms with Crippen LogP contribution in [0.1, 0.15) is 6.92 Å². The Bertz CT molecular complexity index is 238. The molecule has 0 aromatic rings. The zero-order chi connectivity index (χ0) is 12.8. The number of hydrogen-bond donors (Lipinski definition) is 1. The van der Waals surface area contributed by atoms with E-state index in [0.29, 0.717) is 13.2 Å². The number of esters is 1. The molecular formula is C11H22N2O4. The van der Waals surface area contributed by atoms with E-state index in [0.717, 1.165) is 13.1 Å². The fraction of sp³-hybridized carbons (Fsp3) is 0.909. The van der Waals surface area contributed by atoms with Crippen molar-refractivity contribution in [2.45, 2.75) is 25.2 Å². The Kier molecular flexibility index (Phi) is 5.84. The lowest BCUT2D eigenvalue weighted by Crippen LogP contribution is -2.43. The summed E-state index contributed by atoms with van der Waals surface area (Å²) >= 11 is 0. The summed E-state index contributed by atoms with van der Waals surface area (Å²) in [5.41, 5.74) is 5.76. The second-order valence-electron chi connectivity index (χ2n) is 4.13. The average molecular weight is 246 g/mol. The predicted octanol–water partition coefficient (Wildman–Crippen LogP) is -0.778. The summed E-state index contributed by atoms with van der Waals surface area (Å²) in [6, 6.07) is -0.608. The molecule has 1 rings (SSSR count). The first-order valence-electron chi connectivity index (χ1n) is 5.82. The number of carbonyl (C=O) groups is 1. The highest BCUT2D eigenvalue weighted by Gasteiger charge is 2.34. The summed E-state index contributed by atoms with van der Waals surface area (Å²) in [5.74, 6) is -0.359. The largest absolute Gasteiger partial charge is 0.465 e. The van der Waals surface area contributed by atoms with Crippen molar-refractivity contribution < 1.29 is 19.0 Å². The first-order valence-corrected chi connectivity index (χ1v) is 5.82. The van der Waals surface area contributed by atoms with E-state index in [2.05, 4.69) is 4.90 Å². The number of rotatable bonds is 6. The molecule has 2 N–H and O–H groups in total. The second kappa shape index (κ2) is 6.90. The van der Waals surface area contributed by atoms with Crippen LogP contribution in [-0.2, 0) is 19.0 Å². The van der Waals surface area contributed by atoms with Crippen LogP contribution < -0.4 is 5.73 Å². The molecule has 0 bridgehead atoms. The van der Waals surface area contributed by atoms with Crippen molar-refractivity contribution in [3.63, 3.8) is 0 Å². The highest BCUT2D eigenvalue weighted by Crippen LogP contribution is 2.15. The Hall–Kier alpha value is -0.690. The van der Waals surface area contributed by atoms with E-state index in [1.54, 1.807) is 21.1 Å². The lowest BCUT2D eigenvalue weighted by atomic mass is 10.3. The summed E-state index contributed by atoms with van der Waals surface area (Å²) in [6.45, 7) is 4.04. The van der Waals surface area contributed by atoms with Gasteiger partial charge in [0.05, 0.1) is 18.8 Å². The molecule has 0 spiro atoms. The summed E-state index contributed by atoms with van der Waals surface area (Å²) < 4.78 is 15.5. The van der Waals surface area contributed by atoms with E-state index >= 15 is 0 Å². The van der Waals surface area contributed by atoms with Crippen LogP contribution in [-0.4, -0.2) is 69.6 Å². The fourth-order valence-electron chi connectivity index (χ4n) is 2.02. The van der Waals surface area contributed by atoms with Crippen molar-refractivity contribution in [1.29, 1.82) is 0 Å². The van der Waals surface area contributed by atoms with Gasteiger partial charge in [-0.25, -0.2) is 0 Å². The van der Waals surface area contributed by atoms with Crippen molar-refractivity contribution >= 4 is 5.97 Å². The maximum atomic E-state index is 11.4. The van der Waals surface area contributed by atoms with Crippen LogP contribution in [0.25, 0.3) is 0 Å². The molecule has 17 heavy (non-hydrogen) atoms. The van der Waals surface area contributed by atoms with E-state index in [-0.39, 0.29) is 18.2 Å². The summed E-state index contributed by atoms with van der Waals surface area (Å²) in [5, 5.41) is 0. The lowest BCUT2D eigenvalue weighted by Gasteiger charge is -2.19. The number of nitrogens with two attached hydrogens (primary N) is 1. The lowest BCUT2D eigenvalue weighted by molar-refractivity contribution is -0.145. The minimum Gasteiger partial charge on any atom is -0.465 e. The molecule has 1 fully saturated rings. The van der Waals surface area contributed by atoms with Crippen LogP contribution in [0.2, 0.25) is 0 Å². The smallest absolute Gasteiger partial charge is 0.324 e. The maximum Gasteiger partial charge on any atom is 0.324 e. The zero-order valence-electron chi connectivity index (χ0n) is 10.7. The number of carbonyl (C=O) groups excluding carboxylic acids is 1. The Morgan fingerprint density at radius 1 is 1.35 bits per heavy atom. The molecule has 1 aliphatic heterocycles. The standard InChI is InChI=1S/C11H22N2O4/c1-4-17-11(14)8(12)5-13-6-9(15-2)10(7-13)16-3/h8-10H,4-7,12H2,1-3H3. The van der Waals surface area contributed by atoms with Crippen molar-refractivity contribution in [3.05, 3.63) is 0 Å². The van der Waals surface area contributed by atoms with Gasteiger partial charge in [0.25, 0.3) is 0 Å². The number of methoxy groups -OCH3 is 2. The van der Waals surface area contributed by atoms with Gasteiger partial charge in [-0.3, -0.25) is 9.69 Å². The van der Waals surface area contributed by atoms with Gasteiger partial charge in [-0.15, -0.1) is 0 Å². The third-order valence-electron chi connectivity index (χ3n) is 2.94. The van der Waals surface area contributed by atoms with Gasteiger partial charge in [-0.05, 0) is 6.92 Å². The Balaban J connectivity index is 2.40. The monoisotopic (exact) mass is 246 g/mol. The van der Waals surface area contributed by atoms with Crippen molar-refractivity contribution in [2.24, 2.45) is 5.73 Å². The molecule has 0 aromatic heterocycles. The maximum absolute atomic E-state index is 11.4. The first kappa shape index (κ1) is 14.4. The molecule has 1 aliphatic rings. The third-order valence-corrected chi connectivity index (χ3v) is 2.94. The van der Waals surface area contributed by atoms with E-state index in [9.17, 15) is 4.79 Å². The van der Waals surface area contributed by atoms with Crippen LogP contribution >= 0.6 is 0 Å². The normalized spacial score (nSPS) is 27.1. The minimum atomic E-state index is -0.608. The number of hydrogen-bond acceptors (Lipinski definition) is 6. The molecule has 100 valence electrons. The molecule has 0 amide bonds. The fourth-order valence-corrected chi connectivity index (χ4v) is 2.02. The quantitative estimate of drug-likeness (QED) is 0.620. The molecule has 0 radical (unpaired) electrons. The SMILES string of the molecule is CCOC(=O)C(N)CN1CC(OC)C(OC)C1. The topological polar surface area (TPSA) is 74.0 Å². The van der Waals surface area contributed by atoms with Crippen molar-refractivity contribution in [2.75, 3.05) is 40.5 Å².